The van der Waals surface area contributed by atoms with Gasteiger partial charge in [-0.15, -0.1) is 0 Å². The molecule has 2 aromatic carbocycles. The summed E-state index contributed by atoms with van der Waals surface area (Å²) in [6, 6.07) is 18.4. The molecule has 0 spiro atoms. The molecule has 0 unspecified atom stereocenters. The van der Waals surface area contributed by atoms with Crippen LogP contribution < -0.4 is 5.32 Å². The Morgan fingerprint density at radius 3 is 2.21 bits per heavy atom. The second kappa shape index (κ2) is 7.27. The predicted molar refractivity (Wildman–Crippen MR) is 106 cm³/mol. The minimum absolute atomic E-state index is 0.0675. The van der Waals surface area contributed by atoms with Crippen LogP contribution in [-0.2, 0) is 5.41 Å². The number of allylic oxidation sites excluding steroid dienone is 2. The van der Waals surface area contributed by atoms with E-state index in [4.69, 9.17) is 20.2 Å². The van der Waals surface area contributed by atoms with Gasteiger partial charge in [-0.05, 0) is 35.2 Å². The summed E-state index contributed by atoms with van der Waals surface area (Å²) in [6.07, 6.45) is 0. The van der Waals surface area contributed by atoms with Crippen LogP contribution in [0.1, 0.15) is 26.3 Å². The molecule has 0 radical (unpaired) electrons. The Balaban J connectivity index is 1.94. The van der Waals surface area contributed by atoms with Gasteiger partial charge in [0, 0.05) is 17.3 Å². The zero-order valence-corrected chi connectivity index (χ0v) is 15.7. The Morgan fingerprint density at radius 1 is 0.964 bits per heavy atom. The minimum atomic E-state index is -0.278. The molecular formula is C22H17N5O. The molecular weight excluding hydrogens is 350 g/mol. The molecule has 0 saturated carbocycles. The number of anilines is 1. The van der Waals surface area contributed by atoms with Gasteiger partial charge in [0.2, 0.25) is 5.89 Å². The number of rotatable bonds is 3. The average molecular weight is 367 g/mol. The number of nitriles is 3. The highest BCUT2D eigenvalue weighted by Crippen LogP contribution is 2.29. The van der Waals surface area contributed by atoms with E-state index >= 15 is 0 Å². The van der Waals surface area contributed by atoms with Crippen LogP contribution in [0.25, 0.3) is 22.6 Å². The van der Waals surface area contributed by atoms with Crippen molar-refractivity contribution in [1.29, 1.82) is 15.8 Å². The first-order valence-corrected chi connectivity index (χ1v) is 8.59. The summed E-state index contributed by atoms with van der Waals surface area (Å²) in [5.74, 6) is 0.499. The van der Waals surface area contributed by atoms with Gasteiger partial charge >= 0.3 is 0 Å². The number of hydrogen-bond donors (Lipinski definition) is 1. The monoisotopic (exact) mass is 367 g/mol. The molecule has 6 heteroatoms. The van der Waals surface area contributed by atoms with Gasteiger partial charge in [-0.3, -0.25) is 0 Å². The third kappa shape index (κ3) is 3.70. The topological polar surface area (TPSA) is 109 Å². The van der Waals surface area contributed by atoms with Crippen LogP contribution in [0.3, 0.4) is 0 Å². The standard InChI is InChI=1S/C22H17N5O/c1-22(2,3)16-6-4-14(5-7-16)21-27-18-9-8-17(10-20(18)28-21)26-19(13-25)15(11-23)12-24/h4-10,26H,1-3H3. The van der Waals surface area contributed by atoms with Crippen molar-refractivity contribution in [3.63, 3.8) is 0 Å². The number of aromatic nitrogens is 1. The van der Waals surface area contributed by atoms with E-state index < -0.39 is 0 Å². The summed E-state index contributed by atoms with van der Waals surface area (Å²) >= 11 is 0. The molecule has 0 aliphatic carbocycles. The average Bonchev–Trinajstić information content (AvgIpc) is 3.11. The molecule has 0 bridgehead atoms. The first-order chi connectivity index (χ1) is 13.4. The number of oxazole rings is 1. The summed E-state index contributed by atoms with van der Waals surface area (Å²) in [7, 11) is 0. The first-order valence-electron chi connectivity index (χ1n) is 8.59. The largest absolute Gasteiger partial charge is 0.436 e. The lowest BCUT2D eigenvalue weighted by molar-refractivity contribution is 0.589. The maximum atomic E-state index is 9.16. The molecule has 0 saturated heterocycles. The van der Waals surface area contributed by atoms with Crippen LogP contribution >= 0.6 is 0 Å². The van der Waals surface area contributed by atoms with Gasteiger partial charge < -0.3 is 9.73 Å². The second-order valence-electron chi connectivity index (χ2n) is 7.24. The van der Waals surface area contributed by atoms with Gasteiger partial charge in [0.15, 0.2) is 11.2 Å². The molecule has 3 rings (SSSR count). The number of nitrogens with zero attached hydrogens (tertiary/aromatic N) is 4. The Morgan fingerprint density at radius 2 is 1.64 bits per heavy atom. The zero-order chi connectivity index (χ0) is 20.3. The lowest BCUT2D eigenvalue weighted by Gasteiger charge is -2.18. The quantitative estimate of drug-likeness (QED) is 0.650. The molecule has 0 aliphatic rings. The van der Waals surface area contributed by atoms with E-state index in [2.05, 4.69) is 43.2 Å². The van der Waals surface area contributed by atoms with Gasteiger partial charge in [-0.1, -0.05) is 32.9 Å². The fourth-order valence-electron chi connectivity index (χ4n) is 2.67. The van der Waals surface area contributed by atoms with Gasteiger partial charge in [0.25, 0.3) is 0 Å². The van der Waals surface area contributed by atoms with E-state index in [0.29, 0.717) is 22.7 Å². The van der Waals surface area contributed by atoms with Crippen LogP contribution in [0.15, 0.2) is 58.2 Å². The smallest absolute Gasteiger partial charge is 0.227 e. The van der Waals surface area contributed by atoms with Crippen molar-refractivity contribution in [3.8, 4) is 29.7 Å². The maximum absolute atomic E-state index is 9.16. The Kier molecular flexibility index (Phi) is 4.86. The van der Waals surface area contributed by atoms with E-state index in [9.17, 15) is 0 Å². The first kappa shape index (κ1) is 18.7. The molecule has 0 atom stereocenters. The summed E-state index contributed by atoms with van der Waals surface area (Å²) in [5.41, 5.74) is 3.50. The second-order valence-corrected chi connectivity index (χ2v) is 7.24. The molecule has 3 aromatic rings. The maximum Gasteiger partial charge on any atom is 0.227 e. The number of benzene rings is 2. The van der Waals surface area contributed by atoms with E-state index in [-0.39, 0.29) is 16.7 Å². The minimum Gasteiger partial charge on any atom is -0.436 e. The normalized spacial score (nSPS) is 10.6. The Labute approximate surface area is 163 Å². The molecule has 136 valence electrons. The predicted octanol–water partition coefficient (Wildman–Crippen LogP) is 5.03. The fourth-order valence-corrected chi connectivity index (χ4v) is 2.67. The van der Waals surface area contributed by atoms with E-state index in [1.54, 1.807) is 30.3 Å². The third-order valence-corrected chi connectivity index (χ3v) is 4.24. The lowest BCUT2D eigenvalue weighted by atomic mass is 9.87. The highest BCUT2D eigenvalue weighted by molar-refractivity contribution is 5.80. The van der Waals surface area contributed by atoms with Crippen molar-refractivity contribution in [2.45, 2.75) is 26.2 Å². The fraction of sp³-hybridized carbons (Fsp3) is 0.182. The van der Waals surface area contributed by atoms with Crippen molar-refractivity contribution in [2.24, 2.45) is 0 Å². The molecule has 6 nitrogen and oxygen atoms in total. The number of nitrogens with one attached hydrogen (secondary N) is 1. The van der Waals surface area contributed by atoms with Crippen LogP contribution in [0, 0.1) is 34.0 Å². The van der Waals surface area contributed by atoms with Gasteiger partial charge in [-0.25, -0.2) is 4.98 Å². The summed E-state index contributed by atoms with van der Waals surface area (Å²) in [4.78, 5) is 4.51. The van der Waals surface area contributed by atoms with Crippen molar-refractivity contribution in [1.82, 2.24) is 4.98 Å². The zero-order valence-electron chi connectivity index (χ0n) is 15.7. The number of fused-ring (bicyclic) bond motifs is 1. The molecule has 0 amide bonds. The molecule has 0 fully saturated rings. The van der Waals surface area contributed by atoms with Crippen LogP contribution in [0.5, 0.6) is 0 Å². The van der Waals surface area contributed by atoms with Crippen molar-refractivity contribution in [2.75, 3.05) is 5.32 Å². The molecule has 0 aliphatic heterocycles. The van der Waals surface area contributed by atoms with Crippen molar-refractivity contribution in [3.05, 3.63) is 59.3 Å². The Hall–Kier alpha value is -4.08. The van der Waals surface area contributed by atoms with E-state index in [0.717, 1.165) is 5.56 Å². The summed E-state index contributed by atoms with van der Waals surface area (Å²) < 4.78 is 5.87. The molecule has 1 N–H and O–H groups in total. The van der Waals surface area contributed by atoms with Gasteiger partial charge in [-0.2, -0.15) is 15.8 Å². The summed E-state index contributed by atoms with van der Waals surface area (Å²) in [6.45, 7) is 6.47. The van der Waals surface area contributed by atoms with Crippen LogP contribution in [0.2, 0.25) is 0 Å². The molecule has 1 heterocycles. The Bertz CT molecular complexity index is 1170. The SMILES string of the molecule is CC(C)(C)c1ccc(-c2nc3ccc(NC(C#N)=C(C#N)C#N)cc3o2)cc1. The molecule has 28 heavy (non-hydrogen) atoms. The summed E-state index contributed by atoms with van der Waals surface area (Å²) in [5, 5.41) is 29.8. The third-order valence-electron chi connectivity index (χ3n) is 4.24. The van der Waals surface area contributed by atoms with Gasteiger partial charge in [0.05, 0.1) is 0 Å². The van der Waals surface area contributed by atoms with Gasteiger partial charge in [0.1, 0.15) is 29.4 Å². The van der Waals surface area contributed by atoms with Crippen molar-refractivity contribution >= 4 is 16.8 Å². The number of hydrogen-bond acceptors (Lipinski definition) is 6. The van der Waals surface area contributed by atoms with E-state index in [1.807, 2.05) is 18.2 Å². The lowest BCUT2D eigenvalue weighted by Crippen LogP contribution is -2.10. The van der Waals surface area contributed by atoms with Crippen molar-refractivity contribution < 1.29 is 4.42 Å². The highest BCUT2D eigenvalue weighted by Gasteiger charge is 2.15. The van der Waals surface area contributed by atoms with Crippen LogP contribution in [-0.4, -0.2) is 4.98 Å². The van der Waals surface area contributed by atoms with Crippen LogP contribution in [0.4, 0.5) is 5.69 Å². The molecule has 1 aromatic heterocycles. The highest BCUT2D eigenvalue weighted by atomic mass is 16.3. The van der Waals surface area contributed by atoms with E-state index in [1.165, 1.54) is 5.56 Å².